The zero-order valence-corrected chi connectivity index (χ0v) is 24.9. The standard InChI is InChI=1S/C31H38N2O4.C2H2O4/c1-35-28-20-26(21-29(36-2)30(28)37-3)22-32-17-15-27(16-18-32)31(34)33(23-25-12-8-5-9-13-25)19-14-24-10-6-4-7-11-24;3-1(4)2(5)6/h4-13,20-21,27H,14-19,22-23H2,1-3H3;(H,3,4)(H,5,6). The van der Waals surface area contributed by atoms with Gasteiger partial charge in [-0.25, -0.2) is 9.59 Å². The topological polar surface area (TPSA) is 126 Å². The molecule has 4 rings (SSSR count). The molecule has 0 radical (unpaired) electrons. The van der Waals surface area contributed by atoms with Crippen molar-refractivity contribution in [3.8, 4) is 17.2 Å². The van der Waals surface area contributed by atoms with Crippen LogP contribution in [0.5, 0.6) is 17.2 Å². The number of amides is 1. The Morgan fingerprint density at radius 1 is 0.767 bits per heavy atom. The number of carboxylic acid groups (broad SMARTS) is 2. The maximum absolute atomic E-state index is 13.7. The number of hydrogen-bond donors (Lipinski definition) is 2. The summed E-state index contributed by atoms with van der Waals surface area (Å²) < 4.78 is 16.5. The highest BCUT2D eigenvalue weighted by Crippen LogP contribution is 2.38. The van der Waals surface area contributed by atoms with E-state index in [2.05, 4.69) is 46.2 Å². The molecule has 230 valence electrons. The van der Waals surface area contributed by atoms with E-state index in [0.29, 0.717) is 23.8 Å². The van der Waals surface area contributed by atoms with Crippen molar-refractivity contribution in [3.05, 3.63) is 89.5 Å². The summed E-state index contributed by atoms with van der Waals surface area (Å²) in [6, 6.07) is 24.7. The molecule has 0 atom stereocenters. The van der Waals surface area contributed by atoms with Gasteiger partial charge in [-0.3, -0.25) is 9.69 Å². The molecule has 1 aliphatic rings. The molecule has 3 aromatic carbocycles. The smallest absolute Gasteiger partial charge is 0.414 e. The molecule has 0 bridgehead atoms. The maximum Gasteiger partial charge on any atom is 0.414 e. The molecule has 1 saturated heterocycles. The molecular formula is C33H40N2O8. The third-order valence-electron chi connectivity index (χ3n) is 7.29. The molecule has 1 heterocycles. The SMILES string of the molecule is COc1cc(CN2CCC(C(=O)N(CCc3ccccc3)Cc3ccccc3)CC2)cc(OC)c1OC.O=C(O)C(=O)O. The number of carboxylic acids is 2. The van der Waals surface area contributed by atoms with Crippen molar-refractivity contribution >= 4 is 17.8 Å². The van der Waals surface area contributed by atoms with E-state index in [1.54, 1.807) is 21.3 Å². The zero-order valence-electron chi connectivity index (χ0n) is 24.9. The minimum Gasteiger partial charge on any atom is -0.493 e. The van der Waals surface area contributed by atoms with Crippen molar-refractivity contribution in [2.75, 3.05) is 41.0 Å². The predicted octanol–water partition coefficient (Wildman–Crippen LogP) is 4.35. The highest BCUT2D eigenvalue weighted by Gasteiger charge is 2.29. The average molecular weight is 593 g/mol. The Morgan fingerprint density at radius 3 is 1.74 bits per heavy atom. The number of likely N-dealkylation sites (tertiary alicyclic amines) is 1. The van der Waals surface area contributed by atoms with Crippen LogP contribution in [0, 0.1) is 5.92 Å². The number of methoxy groups -OCH3 is 3. The molecule has 0 aliphatic carbocycles. The van der Waals surface area contributed by atoms with E-state index in [4.69, 9.17) is 34.0 Å². The van der Waals surface area contributed by atoms with Gasteiger partial charge in [0.15, 0.2) is 11.5 Å². The van der Waals surface area contributed by atoms with Gasteiger partial charge in [0.2, 0.25) is 11.7 Å². The van der Waals surface area contributed by atoms with Gasteiger partial charge in [-0.15, -0.1) is 0 Å². The lowest BCUT2D eigenvalue weighted by Crippen LogP contribution is -2.42. The Kier molecular flexibility index (Phi) is 12.8. The van der Waals surface area contributed by atoms with Crippen LogP contribution in [0.1, 0.15) is 29.5 Å². The quantitative estimate of drug-likeness (QED) is 0.313. The number of carbonyl (C=O) groups is 3. The highest BCUT2D eigenvalue weighted by atomic mass is 16.5. The van der Waals surface area contributed by atoms with Gasteiger partial charge in [-0.2, -0.15) is 0 Å². The summed E-state index contributed by atoms with van der Waals surface area (Å²) in [5, 5.41) is 14.8. The Hall–Kier alpha value is -4.57. The number of benzene rings is 3. The van der Waals surface area contributed by atoms with E-state index in [1.165, 1.54) is 11.1 Å². The molecule has 43 heavy (non-hydrogen) atoms. The van der Waals surface area contributed by atoms with Crippen molar-refractivity contribution in [3.63, 3.8) is 0 Å². The number of hydrogen-bond acceptors (Lipinski definition) is 7. The fourth-order valence-corrected chi connectivity index (χ4v) is 5.06. The van der Waals surface area contributed by atoms with Gasteiger partial charge in [0, 0.05) is 25.6 Å². The molecule has 10 heteroatoms. The number of nitrogens with zero attached hydrogens (tertiary/aromatic N) is 2. The molecule has 0 aromatic heterocycles. The lowest BCUT2D eigenvalue weighted by molar-refractivity contribution is -0.159. The van der Waals surface area contributed by atoms with Crippen LogP contribution in [0.3, 0.4) is 0 Å². The van der Waals surface area contributed by atoms with Crippen molar-refractivity contribution in [1.29, 1.82) is 0 Å². The van der Waals surface area contributed by atoms with Crippen LogP contribution in [0.25, 0.3) is 0 Å². The normalized spacial score (nSPS) is 13.3. The van der Waals surface area contributed by atoms with E-state index >= 15 is 0 Å². The number of carbonyl (C=O) groups excluding carboxylic acids is 1. The first-order valence-electron chi connectivity index (χ1n) is 14.1. The average Bonchev–Trinajstić information content (AvgIpc) is 3.03. The van der Waals surface area contributed by atoms with Crippen LogP contribution < -0.4 is 14.2 Å². The summed E-state index contributed by atoms with van der Waals surface area (Å²) in [4.78, 5) is 36.3. The second-order valence-corrected chi connectivity index (χ2v) is 10.2. The molecular weight excluding hydrogens is 552 g/mol. The van der Waals surface area contributed by atoms with Crippen LogP contribution in [-0.4, -0.2) is 78.8 Å². The molecule has 0 spiro atoms. The van der Waals surface area contributed by atoms with Gasteiger partial charge in [0.25, 0.3) is 0 Å². The first-order valence-corrected chi connectivity index (χ1v) is 14.1. The summed E-state index contributed by atoms with van der Waals surface area (Å²) >= 11 is 0. The Morgan fingerprint density at radius 2 is 1.28 bits per heavy atom. The summed E-state index contributed by atoms with van der Waals surface area (Å²) in [5.41, 5.74) is 3.53. The largest absolute Gasteiger partial charge is 0.493 e. The monoisotopic (exact) mass is 592 g/mol. The zero-order chi connectivity index (χ0) is 31.2. The maximum atomic E-state index is 13.7. The first-order chi connectivity index (χ1) is 20.7. The second-order valence-electron chi connectivity index (χ2n) is 10.2. The van der Waals surface area contributed by atoms with E-state index in [9.17, 15) is 4.79 Å². The van der Waals surface area contributed by atoms with Crippen LogP contribution in [0.4, 0.5) is 0 Å². The lowest BCUT2D eigenvalue weighted by Gasteiger charge is -2.34. The summed E-state index contributed by atoms with van der Waals surface area (Å²) in [6.45, 7) is 3.91. The van der Waals surface area contributed by atoms with Gasteiger partial charge in [0.05, 0.1) is 21.3 Å². The lowest BCUT2D eigenvalue weighted by atomic mass is 9.94. The number of rotatable bonds is 11. The number of ether oxygens (including phenoxy) is 3. The summed E-state index contributed by atoms with van der Waals surface area (Å²) in [6.07, 6.45) is 2.58. The molecule has 2 N–H and O–H groups in total. The summed E-state index contributed by atoms with van der Waals surface area (Å²) in [7, 11) is 4.89. The van der Waals surface area contributed by atoms with Gasteiger partial charge < -0.3 is 29.3 Å². The van der Waals surface area contributed by atoms with E-state index in [1.807, 2.05) is 36.4 Å². The van der Waals surface area contributed by atoms with Crippen molar-refractivity contribution in [2.24, 2.45) is 5.92 Å². The van der Waals surface area contributed by atoms with Crippen LogP contribution in [-0.2, 0) is 33.9 Å². The summed E-state index contributed by atoms with van der Waals surface area (Å²) in [5.74, 6) is -1.39. The van der Waals surface area contributed by atoms with Gasteiger partial charge in [-0.05, 0) is 61.2 Å². The molecule has 10 nitrogen and oxygen atoms in total. The van der Waals surface area contributed by atoms with Crippen LogP contribution >= 0.6 is 0 Å². The fraction of sp³-hybridized carbons (Fsp3) is 0.364. The van der Waals surface area contributed by atoms with E-state index in [0.717, 1.165) is 51.0 Å². The third kappa shape index (κ3) is 10.0. The van der Waals surface area contributed by atoms with Crippen LogP contribution in [0.15, 0.2) is 72.8 Å². The van der Waals surface area contributed by atoms with Crippen molar-refractivity contribution < 1.29 is 38.8 Å². The fourth-order valence-electron chi connectivity index (χ4n) is 5.06. The molecule has 0 unspecified atom stereocenters. The molecule has 1 amide bonds. The minimum atomic E-state index is -1.82. The van der Waals surface area contributed by atoms with Crippen molar-refractivity contribution in [2.45, 2.75) is 32.4 Å². The molecule has 1 aliphatic heterocycles. The molecule has 0 saturated carbocycles. The third-order valence-corrected chi connectivity index (χ3v) is 7.29. The predicted molar refractivity (Wildman–Crippen MR) is 161 cm³/mol. The Bertz CT molecular complexity index is 1290. The van der Waals surface area contributed by atoms with Crippen molar-refractivity contribution in [1.82, 2.24) is 9.80 Å². The Balaban J connectivity index is 0.000000765. The van der Waals surface area contributed by atoms with E-state index in [-0.39, 0.29) is 11.8 Å². The molecule has 3 aromatic rings. The molecule has 1 fully saturated rings. The van der Waals surface area contributed by atoms with Gasteiger partial charge in [0.1, 0.15) is 0 Å². The number of aliphatic carboxylic acids is 2. The van der Waals surface area contributed by atoms with Gasteiger partial charge in [-0.1, -0.05) is 60.7 Å². The van der Waals surface area contributed by atoms with Gasteiger partial charge >= 0.3 is 11.9 Å². The van der Waals surface area contributed by atoms with Crippen LogP contribution in [0.2, 0.25) is 0 Å². The van der Waals surface area contributed by atoms with E-state index < -0.39 is 11.9 Å². The number of piperidine rings is 1. The first kappa shape index (κ1) is 32.9. The highest BCUT2D eigenvalue weighted by molar-refractivity contribution is 6.27. The second kappa shape index (κ2) is 16.8. The Labute approximate surface area is 252 Å². The minimum absolute atomic E-state index is 0.0516.